The summed E-state index contributed by atoms with van der Waals surface area (Å²) in [4.78, 5) is 20.2. The Labute approximate surface area is 199 Å². The number of nitrogens with one attached hydrogen (secondary N) is 2. The molecule has 0 saturated carbocycles. The Hall–Kier alpha value is -4.53. The molecule has 0 fully saturated rings. The number of nitrogens with zero attached hydrogens (tertiary/aromatic N) is 5. The first kappa shape index (κ1) is 21.0. The van der Waals surface area contributed by atoms with Gasteiger partial charge in [-0.15, -0.1) is 10.2 Å². The third kappa shape index (κ3) is 3.80. The van der Waals surface area contributed by atoms with Gasteiger partial charge in [-0.2, -0.15) is 5.21 Å². The van der Waals surface area contributed by atoms with Crippen LogP contribution in [0.1, 0.15) is 31.2 Å². The van der Waals surface area contributed by atoms with Gasteiger partial charge in [-0.25, -0.2) is 4.98 Å². The van der Waals surface area contributed by atoms with Crippen LogP contribution >= 0.6 is 0 Å². The zero-order valence-electron chi connectivity index (χ0n) is 19.2. The highest BCUT2D eigenvalue weighted by Gasteiger charge is 2.16. The Morgan fingerprint density at radius 3 is 2.77 bits per heavy atom. The van der Waals surface area contributed by atoms with Crippen molar-refractivity contribution < 1.29 is 4.42 Å². The Morgan fingerprint density at radius 1 is 1.06 bits per heavy atom. The fraction of sp³-hybridized carbons (Fsp3) is 0.192. The van der Waals surface area contributed by atoms with Crippen LogP contribution < -0.4 is 5.56 Å². The molecule has 0 aliphatic carbocycles. The van der Waals surface area contributed by atoms with Crippen LogP contribution in [0.3, 0.4) is 0 Å². The topological polar surface area (TPSA) is 118 Å². The van der Waals surface area contributed by atoms with Crippen LogP contribution in [0.5, 0.6) is 0 Å². The van der Waals surface area contributed by atoms with E-state index in [0.717, 1.165) is 64.0 Å². The molecule has 174 valence electrons. The number of pyridine rings is 1. The number of furan rings is 1. The minimum atomic E-state index is -0.123. The number of aromatic amines is 2. The van der Waals surface area contributed by atoms with Crippen molar-refractivity contribution >= 4 is 22.0 Å². The number of unbranched alkanes of at least 4 members (excludes halogenated alkanes) is 1. The number of fused-ring (bicyclic) bond motifs is 2. The highest BCUT2D eigenvalue weighted by atomic mass is 16.3. The monoisotopic (exact) mass is 465 g/mol. The highest BCUT2D eigenvalue weighted by Crippen LogP contribution is 2.34. The van der Waals surface area contributed by atoms with Gasteiger partial charge in [-0.1, -0.05) is 43.7 Å². The maximum atomic E-state index is 12.6. The van der Waals surface area contributed by atoms with E-state index in [-0.39, 0.29) is 5.56 Å². The summed E-state index contributed by atoms with van der Waals surface area (Å²) < 4.78 is 8.23. The number of aryl methyl sites for hydroxylation is 1. The summed E-state index contributed by atoms with van der Waals surface area (Å²) in [5, 5.41) is 15.4. The Morgan fingerprint density at radius 2 is 1.94 bits per heavy atom. The maximum absolute atomic E-state index is 12.6. The molecule has 0 radical (unpaired) electrons. The molecule has 4 heterocycles. The van der Waals surface area contributed by atoms with Gasteiger partial charge < -0.3 is 14.0 Å². The van der Waals surface area contributed by atoms with Crippen molar-refractivity contribution in [1.82, 2.24) is 35.2 Å². The van der Waals surface area contributed by atoms with Gasteiger partial charge in [-0.05, 0) is 41.5 Å². The van der Waals surface area contributed by atoms with Crippen molar-refractivity contribution in [2.24, 2.45) is 0 Å². The number of hydrogen-bond donors (Lipinski definition) is 2. The number of hydrogen-bond acceptors (Lipinski definition) is 6. The van der Waals surface area contributed by atoms with Crippen molar-refractivity contribution in [2.75, 3.05) is 0 Å². The Balaban J connectivity index is 1.40. The summed E-state index contributed by atoms with van der Waals surface area (Å²) in [7, 11) is 0. The number of imidazole rings is 1. The molecule has 2 aromatic carbocycles. The quantitative estimate of drug-likeness (QED) is 0.353. The first-order valence-corrected chi connectivity index (χ1v) is 11.6. The summed E-state index contributed by atoms with van der Waals surface area (Å²) in [6.45, 7) is 2.71. The molecule has 6 aromatic rings. The molecular weight excluding hydrogens is 442 g/mol. The van der Waals surface area contributed by atoms with E-state index >= 15 is 0 Å². The summed E-state index contributed by atoms with van der Waals surface area (Å²) >= 11 is 0. The molecule has 9 heteroatoms. The number of aromatic nitrogens is 7. The molecule has 0 unspecified atom stereocenters. The molecular formula is C26H23N7O2. The fourth-order valence-corrected chi connectivity index (χ4v) is 4.51. The Bertz CT molecular complexity index is 1690. The lowest BCUT2D eigenvalue weighted by Gasteiger charge is -2.09. The standard InChI is InChI=1S/C26H23N7O2/c1-2-3-8-23-28-20-11-12-27-26(34)24(20)33(23)15-16-9-10-21-17(13-16)14-22(35-21)18-6-4-5-7-19(18)25-29-31-32-30-25/h4-7,9-14H,2-3,8,15H2,1H3,(H,27,34)(H,29,30,31,32). The molecule has 2 N–H and O–H groups in total. The number of benzene rings is 2. The minimum absolute atomic E-state index is 0.123. The van der Waals surface area contributed by atoms with E-state index in [2.05, 4.69) is 38.6 Å². The van der Waals surface area contributed by atoms with E-state index in [4.69, 9.17) is 9.40 Å². The zero-order valence-corrected chi connectivity index (χ0v) is 19.2. The fourth-order valence-electron chi connectivity index (χ4n) is 4.51. The molecule has 0 atom stereocenters. The van der Waals surface area contributed by atoms with E-state index in [1.807, 2.05) is 53.1 Å². The third-order valence-corrected chi connectivity index (χ3v) is 6.20. The SMILES string of the molecule is CCCCc1nc2cc[nH]c(=O)c2n1Cc1ccc2oc(-c3ccccc3-c3nn[nH]n3)cc2c1. The zero-order chi connectivity index (χ0) is 23.8. The highest BCUT2D eigenvalue weighted by molar-refractivity contribution is 5.87. The normalized spacial score (nSPS) is 11.6. The van der Waals surface area contributed by atoms with Gasteiger partial charge >= 0.3 is 0 Å². The van der Waals surface area contributed by atoms with Crippen molar-refractivity contribution in [1.29, 1.82) is 0 Å². The van der Waals surface area contributed by atoms with Gasteiger partial charge in [0, 0.05) is 35.7 Å². The summed E-state index contributed by atoms with van der Waals surface area (Å²) in [6, 6.07) is 17.8. The van der Waals surface area contributed by atoms with Gasteiger partial charge in [0.15, 0.2) is 0 Å². The number of rotatable bonds is 7. The van der Waals surface area contributed by atoms with Crippen molar-refractivity contribution in [2.45, 2.75) is 32.7 Å². The van der Waals surface area contributed by atoms with Crippen LogP contribution in [0.4, 0.5) is 0 Å². The summed E-state index contributed by atoms with van der Waals surface area (Å²) in [5.74, 6) is 2.17. The van der Waals surface area contributed by atoms with Crippen molar-refractivity contribution in [3.63, 3.8) is 0 Å². The maximum Gasteiger partial charge on any atom is 0.274 e. The molecule has 0 saturated heterocycles. The van der Waals surface area contributed by atoms with Gasteiger partial charge in [0.25, 0.3) is 5.56 Å². The van der Waals surface area contributed by atoms with Crippen molar-refractivity contribution in [3.05, 3.63) is 82.5 Å². The molecule has 0 aliphatic rings. The second-order valence-corrected chi connectivity index (χ2v) is 8.52. The van der Waals surface area contributed by atoms with Gasteiger partial charge in [0.1, 0.15) is 22.7 Å². The Kier molecular flexibility index (Phi) is 5.21. The lowest BCUT2D eigenvalue weighted by atomic mass is 10.0. The molecule has 4 aromatic heterocycles. The molecule has 0 amide bonds. The van der Waals surface area contributed by atoms with E-state index in [1.165, 1.54) is 0 Å². The number of H-pyrrole nitrogens is 2. The second kappa shape index (κ2) is 8.68. The van der Waals surface area contributed by atoms with Gasteiger partial charge in [0.05, 0.1) is 5.52 Å². The van der Waals surface area contributed by atoms with Crippen LogP contribution in [-0.2, 0) is 13.0 Å². The third-order valence-electron chi connectivity index (χ3n) is 6.20. The first-order chi connectivity index (χ1) is 17.2. The predicted molar refractivity (Wildman–Crippen MR) is 133 cm³/mol. The molecule has 6 rings (SSSR count). The van der Waals surface area contributed by atoms with E-state index < -0.39 is 0 Å². The van der Waals surface area contributed by atoms with E-state index in [0.29, 0.717) is 17.9 Å². The van der Waals surface area contributed by atoms with E-state index in [1.54, 1.807) is 6.20 Å². The van der Waals surface area contributed by atoms with Crippen LogP contribution in [0.2, 0.25) is 0 Å². The second-order valence-electron chi connectivity index (χ2n) is 8.52. The molecule has 35 heavy (non-hydrogen) atoms. The average Bonchev–Trinajstić information content (AvgIpc) is 3.62. The summed E-state index contributed by atoms with van der Waals surface area (Å²) in [5.41, 5.74) is 4.79. The molecule has 9 nitrogen and oxygen atoms in total. The van der Waals surface area contributed by atoms with Crippen LogP contribution in [0.25, 0.3) is 44.7 Å². The van der Waals surface area contributed by atoms with Gasteiger partial charge in [-0.3, -0.25) is 4.79 Å². The largest absolute Gasteiger partial charge is 0.456 e. The summed E-state index contributed by atoms with van der Waals surface area (Å²) in [6.07, 6.45) is 4.56. The van der Waals surface area contributed by atoms with E-state index in [9.17, 15) is 4.79 Å². The molecule has 0 aliphatic heterocycles. The van der Waals surface area contributed by atoms with Crippen LogP contribution in [0, 0.1) is 0 Å². The minimum Gasteiger partial charge on any atom is -0.456 e. The number of tetrazole rings is 1. The predicted octanol–water partition coefficient (Wildman–Crippen LogP) is 4.71. The molecule has 0 spiro atoms. The first-order valence-electron chi connectivity index (χ1n) is 11.6. The smallest absolute Gasteiger partial charge is 0.274 e. The van der Waals surface area contributed by atoms with Crippen LogP contribution in [0.15, 0.2) is 70.0 Å². The molecule has 0 bridgehead atoms. The lowest BCUT2D eigenvalue weighted by Crippen LogP contribution is -2.13. The van der Waals surface area contributed by atoms with Gasteiger partial charge in [0.2, 0.25) is 5.82 Å². The van der Waals surface area contributed by atoms with Crippen molar-refractivity contribution in [3.8, 4) is 22.7 Å². The lowest BCUT2D eigenvalue weighted by molar-refractivity contribution is 0.631. The average molecular weight is 466 g/mol. The van der Waals surface area contributed by atoms with Crippen LogP contribution in [-0.4, -0.2) is 35.2 Å².